The molecule has 2 heterocycles. The van der Waals surface area contributed by atoms with E-state index in [4.69, 9.17) is 4.74 Å². The summed E-state index contributed by atoms with van der Waals surface area (Å²) < 4.78 is 9.40. The predicted molar refractivity (Wildman–Crippen MR) is 68.8 cm³/mol. The van der Waals surface area contributed by atoms with E-state index in [1.807, 2.05) is 17.0 Å². The molecule has 100 valence electrons. The average Bonchev–Trinajstić information content (AvgIpc) is 3.17. The summed E-state index contributed by atoms with van der Waals surface area (Å²) in [6, 6.07) is 0.457. The Labute approximate surface area is 107 Å². The lowest BCUT2D eigenvalue weighted by Gasteiger charge is -2.32. The van der Waals surface area contributed by atoms with Crippen LogP contribution in [0.15, 0.2) is 17.2 Å². The first-order chi connectivity index (χ1) is 8.78. The van der Waals surface area contributed by atoms with Crippen LogP contribution in [0.4, 0.5) is 0 Å². The summed E-state index contributed by atoms with van der Waals surface area (Å²) in [5, 5.41) is 0. The fraction of sp³-hybridized carbons (Fsp3) is 0.769. The van der Waals surface area contributed by atoms with E-state index in [1.54, 1.807) is 4.57 Å². The van der Waals surface area contributed by atoms with E-state index >= 15 is 0 Å². The monoisotopic (exact) mass is 251 g/mol. The molecule has 2 aliphatic rings. The van der Waals surface area contributed by atoms with Crippen molar-refractivity contribution in [3.63, 3.8) is 0 Å². The van der Waals surface area contributed by atoms with Gasteiger partial charge in [0.1, 0.15) is 0 Å². The molecule has 1 aliphatic heterocycles. The van der Waals surface area contributed by atoms with Crippen LogP contribution in [-0.4, -0.2) is 46.4 Å². The summed E-state index contributed by atoms with van der Waals surface area (Å²) in [5.74, 6) is 0. The van der Waals surface area contributed by atoms with Crippen LogP contribution in [0.1, 0.15) is 25.8 Å². The molecule has 1 unspecified atom stereocenters. The topological polar surface area (TPSA) is 39.4 Å². The molecule has 1 saturated carbocycles. The van der Waals surface area contributed by atoms with Gasteiger partial charge in [-0.15, -0.1) is 0 Å². The number of ether oxygens (including phenoxy) is 1. The zero-order chi connectivity index (χ0) is 12.5. The minimum absolute atomic E-state index is 0.120. The maximum atomic E-state index is 12.1. The molecule has 1 atom stereocenters. The van der Waals surface area contributed by atoms with Crippen LogP contribution in [0.3, 0.4) is 0 Å². The lowest BCUT2D eigenvalue weighted by Crippen LogP contribution is -2.45. The maximum absolute atomic E-state index is 12.1. The Hall–Kier alpha value is -1.07. The Morgan fingerprint density at radius 2 is 2.22 bits per heavy atom. The third-order valence-corrected chi connectivity index (χ3v) is 3.88. The smallest absolute Gasteiger partial charge is 0.328 e. The van der Waals surface area contributed by atoms with Gasteiger partial charge in [-0.25, -0.2) is 4.79 Å². The van der Waals surface area contributed by atoms with Crippen molar-refractivity contribution in [2.45, 2.75) is 38.5 Å². The molecular weight excluding hydrogens is 230 g/mol. The van der Waals surface area contributed by atoms with Crippen LogP contribution in [-0.2, 0) is 11.3 Å². The van der Waals surface area contributed by atoms with Crippen molar-refractivity contribution < 1.29 is 4.74 Å². The summed E-state index contributed by atoms with van der Waals surface area (Å²) in [4.78, 5) is 14.5. The highest BCUT2D eigenvalue weighted by Crippen LogP contribution is 2.33. The van der Waals surface area contributed by atoms with Gasteiger partial charge in [0.05, 0.1) is 19.3 Å². The molecule has 5 heteroatoms. The number of aromatic nitrogens is 2. The Morgan fingerprint density at radius 3 is 2.94 bits per heavy atom. The second kappa shape index (κ2) is 4.90. The molecule has 3 rings (SSSR count). The number of morpholine rings is 1. The minimum Gasteiger partial charge on any atom is -0.374 e. The van der Waals surface area contributed by atoms with Crippen LogP contribution in [0.25, 0.3) is 0 Å². The van der Waals surface area contributed by atoms with Crippen LogP contribution < -0.4 is 5.69 Å². The normalized spacial score (nSPS) is 25.5. The van der Waals surface area contributed by atoms with Crippen molar-refractivity contribution in [3.8, 4) is 0 Å². The highest BCUT2D eigenvalue weighted by atomic mass is 16.5. The zero-order valence-electron chi connectivity index (χ0n) is 10.9. The molecule has 1 saturated heterocycles. The molecule has 18 heavy (non-hydrogen) atoms. The van der Waals surface area contributed by atoms with Gasteiger partial charge in [-0.3, -0.25) is 14.0 Å². The number of nitrogens with zero attached hydrogens (tertiary/aromatic N) is 3. The lowest BCUT2D eigenvalue weighted by atomic mass is 10.2. The fourth-order valence-corrected chi connectivity index (χ4v) is 2.60. The highest BCUT2D eigenvalue weighted by Gasteiger charge is 2.26. The van der Waals surface area contributed by atoms with Crippen molar-refractivity contribution in [3.05, 3.63) is 22.9 Å². The van der Waals surface area contributed by atoms with E-state index in [0.717, 1.165) is 39.1 Å². The Morgan fingerprint density at radius 1 is 1.39 bits per heavy atom. The van der Waals surface area contributed by atoms with Crippen LogP contribution in [0.5, 0.6) is 0 Å². The largest absolute Gasteiger partial charge is 0.374 e. The van der Waals surface area contributed by atoms with E-state index in [-0.39, 0.29) is 11.8 Å². The summed E-state index contributed by atoms with van der Waals surface area (Å²) in [6.45, 7) is 6.60. The molecule has 0 radical (unpaired) electrons. The van der Waals surface area contributed by atoms with Gasteiger partial charge < -0.3 is 4.74 Å². The van der Waals surface area contributed by atoms with E-state index in [9.17, 15) is 4.79 Å². The molecule has 0 aromatic carbocycles. The zero-order valence-corrected chi connectivity index (χ0v) is 10.9. The summed E-state index contributed by atoms with van der Waals surface area (Å²) in [5.41, 5.74) is 0.120. The summed E-state index contributed by atoms with van der Waals surface area (Å²) in [6.07, 6.45) is 6.25. The average molecular weight is 251 g/mol. The minimum atomic E-state index is 0.120. The molecule has 1 aliphatic carbocycles. The SMILES string of the molecule is CCN1CCOC(Cn2ccn(C3CC3)c2=O)C1. The Balaban J connectivity index is 1.66. The standard InChI is InChI=1S/C13H21N3O2/c1-2-14-7-8-18-12(9-14)10-15-5-6-16(13(15)17)11-3-4-11/h5-6,11-12H,2-4,7-10H2,1H3. The first-order valence-electron chi connectivity index (χ1n) is 6.89. The molecule has 5 nitrogen and oxygen atoms in total. The number of likely N-dealkylation sites (N-methyl/N-ethyl adjacent to an activating group) is 1. The molecule has 0 spiro atoms. The second-order valence-corrected chi connectivity index (χ2v) is 5.26. The highest BCUT2D eigenvalue weighted by molar-refractivity contribution is 4.92. The van der Waals surface area contributed by atoms with Crippen molar-refractivity contribution in [1.29, 1.82) is 0 Å². The predicted octanol–water partition coefficient (Wildman–Crippen LogP) is 0.705. The van der Waals surface area contributed by atoms with Crippen LogP contribution >= 0.6 is 0 Å². The van der Waals surface area contributed by atoms with E-state index in [0.29, 0.717) is 12.6 Å². The third kappa shape index (κ3) is 2.37. The lowest BCUT2D eigenvalue weighted by molar-refractivity contribution is -0.0347. The van der Waals surface area contributed by atoms with Crippen molar-refractivity contribution in [2.75, 3.05) is 26.2 Å². The molecule has 2 fully saturated rings. The third-order valence-electron chi connectivity index (χ3n) is 3.88. The number of hydrogen-bond donors (Lipinski definition) is 0. The van der Waals surface area contributed by atoms with Gasteiger partial charge in [-0.1, -0.05) is 6.92 Å². The molecule has 0 amide bonds. The van der Waals surface area contributed by atoms with E-state index in [2.05, 4.69) is 11.8 Å². The quantitative estimate of drug-likeness (QED) is 0.791. The fourth-order valence-electron chi connectivity index (χ4n) is 2.60. The molecule has 0 bridgehead atoms. The van der Waals surface area contributed by atoms with Gasteiger partial charge >= 0.3 is 5.69 Å². The number of hydrogen-bond acceptors (Lipinski definition) is 3. The molecule has 1 aromatic rings. The van der Waals surface area contributed by atoms with E-state index in [1.165, 1.54) is 0 Å². The van der Waals surface area contributed by atoms with Crippen molar-refractivity contribution >= 4 is 0 Å². The van der Waals surface area contributed by atoms with Gasteiger partial charge in [0.25, 0.3) is 0 Å². The van der Waals surface area contributed by atoms with E-state index < -0.39 is 0 Å². The van der Waals surface area contributed by atoms with Gasteiger partial charge in [0.2, 0.25) is 0 Å². The molecular formula is C13H21N3O2. The molecule has 1 aromatic heterocycles. The molecule has 0 N–H and O–H groups in total. The second-order valence-electron chi connectivity index (χ2n) is 5.26. The first-order valence-corrected chi connectivity index (χ1v) is 6.89. The van der Waals surface area contributed by atoms with Gasteiger partial charge in [-0.05, 0) is 19.4 Å². The maximum Gasteiger partial charge on any atom is 0.328 e. The Bertz CT molecular complexity index is 461. The van der Waals surface area contributed by atoms with Crippen molar-refractivity contribution in [1.82, 2.24) is 14.0 Å². The Kier molecular flexibility index (Phi) is 3.26. The van der Waals surface area contributed by atoms with Gasteiger partial charge in [-0.2, -0.15) is 0 Å². The van der Waals surface area contributed by atoms with Crippen LogP contribution in [0, 0.1) is 0 Å². The first kappa shape index (κ1) is 12.0. The van der Waals surface area contributed by atoms with Gasteiger partial charge in [0.15, 0.2) is 0 Å². The van der Waals surface area contributed by atoms with Crippen molar-refractivity contribution in [2.24, 2.45) is 0 Å². The number of rotatable bonds is 4. The number of imidazole rings is 1. The summed E-state index contributed by atoms with van der Waals surface area (Å²) >= 11 is 0. The van der Waals surface area contributed by atoms with Gasteiger partial charge in [0, 0.05) is 31.5 Å². The van der Waals surface area contributed by atoms with Crippen LogP contribution in [0.2, 0.25) is 0 Å². The summed E-state index contributed by atoms with van der Waals surface area (Å²) in [7, 11) is 0.